The average Bonchev–Trinajstić information content (AvgIpc) is 2.99. The molecule has 0 saturated carbocycles. The highest BCUT2D eigenvalue weighted by Crippen LogP contribution is 2.42. The van der Waals surface area contributed by atoms with Crippen LogP contribution in [0.4, 0.5) is 0 Å². The lowest BCUT2D eigenvalue weighted by molar-refractivity contribution is -0.140. The average molecular weight is 463 g/mol. The Morgan fingerprint density at radius 1 is 1.06 bits per heavy atom. The van der Waals surface area contributed by atoms with E-state index in [1.807, 2.05) is 0 Å². The maximum atomic E-state index is 12.8. The molecule has 0 radical (unpaired) electrons. The van der Waals surface area contributed by atoms with Crippen molar-refractivity contribution >= 4 is 20.1 Å². The fourth-order valence-corrected chi connectivity index (χ4v) is 4.53. The quantitative estimate of drug-likeness (QED) is 0.0873. The van der Waals surface area contributed by atoms with Crippen molar-refractivity contribution < 1.29 is 18.8 Å². The van der Waals surface area contributed by atoms with E-state index in [0.717, 1.165) is 43.4 Å². The van der Waals surface area contributed by atoms with Crippen LogP contribution in [0, 0.1) is 5.92 Å². The number of ether oxygens (including phenoxy) is 1. The number of rotatable bonds is 14. The van der Waals surface area contributed by atoms with Crippen molar-refractivity contribution in [2.24, 2.45) is 5.92 Å². The van der Waals surface area contributed by atoms with Gasteiger partial charge in [-0.2, -0.15) is 0 Å². The monoisotopic (exact) mass is 462 g/mol. The molecule has 0 aliphatic heterocycles. The highest BCUT2D eigenvalue weighted by molar-refractivity contribution is 6.74. The summed E-state index contributed by atoms with van der Waals surface area (Å²) < 4.78 is 11.3. The molecule has 182 valence electrons. The molecular weight excluding hydrogens is 416 g/mol. The smallest absolute Gasteiger partial charge is 0.305 e. The minimum absolute atomic E-state index is 0.0714. The van der Waals surface area contributed by atoms with Gasteiger partial charge in [0.05, 0.1) is 18.8 Å². The van der Waals surface area contributed by atoms with Crippen LogP contribution in [0.1, 0.15) is 91.9 Å². The lowest BCUT2D eigenvalue weighted by atomic mass is 9.97. The number of methoxy groups -OCH3 is 1. The minimum Gasteiger partial charge on any atom is -0.546 e. The second-order valence-corrected chi connectivity index (χ2v) is 15.1. The molecule has 0 aromatic carbocycles. The zero-order chi connectivity index (χ0) is 24.2. The molecule has 32 heavy (non-hydrogen) atoms. The van der Waals surface area contributed by atoms with Gasteiger partial charge in [-0.05, 0) is 50.2 Å². The number of hydrogen-bond donors (Lipinski definition) is 0. The third-order valence-electron chi connectivity index (χ3n) is 6.61. The normalized spacial score (nSPS) is 18.5. The summed E-state index contributed by atoms with van der Waals surface area (Å²) >= 11 is 0. The molecule has 1 aliphatic carbocycles. The molecule has 0 saturated heterocycles. The molecule has 0 aromatic heterocycles. The first kappa shape index (κ1) is 28.4. The maximum absolute atomic E-state index is 12.8. The zero-order valence-corrected chi connectivity index (χ0v) is 22.6. The van der Waals surface area contributed by atoms with Gasteiger partial charge in [0.15, 0.2) is 5.78 Å². The molecule has 0 aromatic rings. The molecule has 0 amide bonds. The van der Waals surface area contributed by atoms with Crippen LogP contribution in [0.15, 0.2) is 35.6 Å². The van der Waals surface area contributed by atoms with Crippen LogP contribution in [0.5, 0.6) is 0 Å². The first-order valence-electron chi connectivity index (χ1n) is 12.4. The molecular formula is C27H46O4Si. The Labute approximate surface area is 197 Å². The molecule has 0 N–H and O–H groups in total. The van der Waals surface area contributed by atoms with Gasteiger partial charge in [0.1, 0.15) is 0 Å². The van der Waals surface area contributed by atoms with Crippen LogP contribution in [0.3, 0.4) is 0 Å². The van der Waals surface area contributed by atoms with Gasteiger partial charge >= 0.3 is 5.97 Å². The SMILES string of the molecule is CCCCCC/C=C/C1C(O[Si](C)(C)C(C)(C)C)=CC(=O)/C1=C\CCCCCC(=O)OC. The van der Waals surface area contributed by atoms with E-state index in [9.17, 15) is 9.59 Å². The van der Waals surface area contributed by atoms with Crippen molar-refractivity contribution in [1.82, 2.24) is 0 Å². The molecule has 1 rings (SSSR count). The predicted molar refractivity (Wildman–Crippen MR) is 136 cm³/mol. The largest absolute Gasteiger partial charge is 0.546 e. The molecule has 0 bridgehead atoms. The second-order valence-electron chi connectivity index (χ2n) is 10.4. The van der Waals surface area contributed by atoms with Crippen LogP contribution in [0.25, 0.3) is 0 Å². The van der Waals surface area contributed by atoms with E-state index >= 15 is 0 Å². The van der Waals surface area contributed by atoms with Crippen molar-refractivity contribution in [2.75, 3.05) is 7.11 Å². The highest BCUT2D eigenvalue weighted by Gasteiger charge is 2.42. The fourth-order valence-electron chi connectivity index (χ4n) is 3.45. The van der Waals surface area contributed by atoms with E-state index in [2.05, 4.69) is 63.8 Å². The van der Waals surface area contributed by atoms with Gasteiger partial charge in [-0.25, -0.2) is 0 Å². The number of esters is 1. The number of carbonyl (C=O) groups is 2. The van der Waals surface area contributed by atoms with Crippen molar-refractivity contribution in [3.05, 3.63) is 35.6 Å². The van der Waals surface area contributed by atoms with E-state index in [0.29, 0.717) is 6.42 Å². The maximum Gasteiger partial charge on any atom is 0.305 e. The standard InChI is InChI=1S/C27H46O4Si/c1-8-9-10-11-12-16-19-23-22(18-15-13-14-17-20-26(29)30-5)24(28)21-25(23)31-32(6,7)27(2,3)4/h16,18-19,21,23H,8-15,17,20H2,1-7H3/b19-16+,22-18-. The summed E-state index contributed by atoms with van der Waals surface area (Å²) in [4.78, 5) is 24.1. The third kappa shape index (κ3) is 9.48. The summed E-state index contributed by atoms with van der Waals surface area (Å²) in [5, 5.41) is 0.0808. The summed E-state index contributed by atoms with van der Waals surface area (Å²) in [7, 11) is -0.602. The fraction of sp³-hybridized carbons (Fsp3) is 0.704. The lowest BCUT2D eigenvalue weighted by Crippen LogP contribution is -2.40. The van der Waals surface area contributed by atoms with Gasteiger partial charge in [0, 0.05) is 18.1 Å². The van der Waals surface area contributed by atoms with Crippen LogP contribution in [-0.2, 0) is 18.8 Å². The van der Waals surface area contributed by atoms with Gasteiger partial charge in [-0.3, -0.25) is 9.59 Å². The van der Waals surface area contributed by atoms with Crippen LogP contribution >= 0.6 is 0 Å². The Hall–Kier alpha value is -1.62. The van der Waals surface area contributed by atoms with Crippen LogP contribution in [-0.4, -0.2) is 27.2 Å². The highest BCUT2D eigenvalue weighted by atomic mass is 28.4. The van der Waals surface area contributed by atoms with Crippen molar-refractivity contribution in [2.45, 2.75) is 110 Å². The number of ketones is 1. The Morgan fingerprint density at radius 2 is 1.72 bits per heavy atom. The van der Waals surface area contributed by atoms with Crippen LogP contribution < -0.4 is 0 Å². The van der Waals surface area contributed by atoms with E-state index in [1.54, 1.807) is 6.08 Å². The van der Waals surface area contributed by atoms with E-state index in [1.165, 1.54) is 32.8 Å². The number of carbonyl (C=O) groups excluding carboxylic acids is 2. The number of unbranched alkanes of at least 4 members (excludes halogenated alkanes) is 7. The van der Waals surface area contributed by atoms with Crippen molar-refractivity contribution in [3.63, 3.8) is 0 Å². The summed E-state index contributed by atoms with van der Waals surface area (Å²) in [6, 6.07) is 0. The summed E-state index contributed by atoms with van der Waals surface area (Å²) in [6.45, 7) is 13.3. The summed E-state index contributed by atoms with van der Waals surface area (Å²) in [5.41, 5.74) is 0.844. The first-order chi connectivity index (χ1) is 15.0. The molecule has 1 atom stereocenters. The van der Waals surface area contributed by atoms with Gasteiger partial charge in [0.25, 0.3) is 0 Å². The molecule has 0 spiro atoms. The van der Waals surface area contributed by atoms with Crippen molar-refractivity contribution in [1.29, 1.82) is 0 Å². The lowest BCUT2D eigenvalue weighted by Gasteiger charge is -2.37. The first-order valence-corrected chi connectivity index (χ1v) is 15.3. The second kappa shape index (κ2) is 13.8. The van der Waals surface area contributed by atoms with Gasteiger partial charge in [0.2, 0.25) is 8.32 Å². The minimum atomic E-state index is -2.02. The third-order valence-corrected chi connectivity index (χ3v) is 11.0. The predicted octanol–water partition coefficient (Wildman–Crippen LogP) is 7.67. The Kier molecular flexibility index (Phi) is 12.3. The molecule has 1 aliphatic rings. The Balaban J connectivity index is 2.84. The summed E-state index contributed by atoms with van der Waals surface area (Å²) in [6.07, 6.45) is 18.2. The number of hydrogen-bond acceptors (Lipinski definition) is 4. The van der Waals surface area contributed by atoms with Crippen LogP contribution in [0.2, 0.25) is 18.1 Å². The molecule has 4 nitrogen and oxygen atoms in total. The molecule has 0 fully saturated rings. The van der Waals surface area contributed by atoms with E-state index < -0.39 is 8.32 Å². The Morgan fingerprint density at radius 3 is 2.34 bits per heavy atom. The van der Waals surface area contributed by atoms with Gasteiger partial charge in [-0.1, -0.05) is 71.6 Å². The summed E-state index contributed by atoms with van der Waals surface area (Å²) in [5.74, 6) is 0.671. The van der Waals surface area contributed by atoms with E-state index in [-0.39, 0.29) is 22.7 Å². The zero-order valence-electron chi connectivity index (χ0n) is 21.6. The molecule has 1 unspecified atom stereocenters. The molecule has 0 heterocycles. The van der Waals surface area contributed by atoms with E-state index in [4.69, 9.17) is 4.43 Å². The number of allylic oxidation sites excluding steroid dienone is 4. The van der Waals surface area contributed by atoms with Gasteiger partial charge < -0.3 is 9.16 Å². The molecule has 5 heteroatoms. The topological polar surface area (TPSA) is 52.6 Å². The van der Waals surface area contributed by atoms with Crippen molar-refractivity contribution in [3.8, 4) is 0 Å². The van der Waals surface area contributed by atoms with Gasteiger partial charge in [-0.15, -0.1) is 0 Å². The Bertz CT molecular complexity index is 695.